The second kappa shape index (κ2) is 7.54. The SMILES string of the molecule is CC(=O)N1CCCC1C(=O)N(Cc1cccc2c1OCO2)c1ccccc1C. The van der Waals surface area contributed by atoms with Crippen molar-refractivity contribution in [2.75, 3.05) is 18.2 Å². The highest BCUT2D eigenvalue weighted by molar-refractivity contribution is 5.99. The van der Waals surface area contributed by atoms with E-state index in [1.165, 1.54) is 6.92 Å². The highest BCUT2D eigenvalue weighted by atomic mass is 16.7. The minimum absolute atomic E-state index is 0.0569. The molecule has 2 heterocycles. The fourth-order valence-electron chi connectivity index (χ4n) is 4.01. The summed E-state index contributed by atoms with van der Waals surface area (Å²) in [6.07, 6.45) is 1.53. The van der Waals surface area contributed by atoms with Gasteiger partial charge in [-0.3, -0.25) is 9.59 Å². The Kier molecular flexibility index (Phi) is 4.94. The number of para-hydroxylation sites is 2. The Morgan fingerprint density at radius 2 is 1.96 bits per heavy atom. The Bertz CT molecular complexity index is 911. The van der Waals surface area contributed by atoms with E-state index in [-0.39, 0.29) is 18.6 Å². The number of anilines is 1. The van der Waals surface area contributed by atoms with Crippen molar-refractivity contribution >= 4 is 17.5 Å². The zero-order valence-corrected chi connectivity index (χ0v) is 16.2. The van der Waals surface area contributed by atoms with Crippen molar-refractivity contribution in [3.05, 3.63) is 53.6 Å². The van der Waals surface area contributed by atoms with E-state index < -0.39 is 6.04 Å². The number of rotatable bonds is 4. The number of hydrogen-bond acceptors (Lipinski definition) is 4. The van der Waals surface area contributed by atoms with E-state index in [0.29, 0.717) is 31.0 Å². The normalized spacial score (nSPS) is 17.6. The van der Waals surface area contributed by atoms with Crippen molar-refractivity contribution in [3.8, 4) is 11.5 Å². The quantitative estimate of drug-likeness (QED) is 0.817. The van der Waals surface area contributed by atoms with Gasteiger partial charge >= 0.3 is 0 Å². The van der Waals surface area contributed by atoms with Crippen molar-refractivity contribution in [1.82, 2.24) is 4.90 Å². The second-order valence-electron chi connectivity index (χ2n) is 7.23. The summed E-state index contributed by atoms with van der Waals surface area (Å²) in [5.41, 5.74) is 2.74. The lowest BCUT2D eigenvalue weighted by Gasteiger charge is -2.31. The van der Waals surface area contributed by atoms with Gasteiger partial charge in [-0.15, -0.1) is 0 Å². The maximum Gasteiger partial charge on any atom is 0.250 e. The number of benzene rings is 2. The minimum Gasteiger partial charge on any atom is -0.454 e. The lowest BCUT2D eigenvalue weighted by atomic mass is 10.1. The Hall–Kier alpha value is -3.02. The van der Waals surface area contributed by atoms with E-state index >= 15 is 0 Å². The van der Waals surface area contributed by atoms with Crippen LogP contribution in [0.2, 0.25) is 0 Å². The molecule has 1 fully saturated rings. The minimum atomic E-state index is -0.425. The standard InChI is InChI=1S/C22H24N2O4/c1-15-7-3-4-9-18(15)24(22(26)19-10-6-12-23(19)16(2)25)13-17-8-5-11-20-21(17)28-14-27-20/h3-5,7-9,11,19H,6,10,12-14H2,1-2H3. The summed E-state index contributed by atoms with van der Waals surface area (Å²) in [6.45, 7) is 4.69. The molecule has 2 aliphatic heterocycles. The molecule has 6 heteroatoms. The smallest absolute Gasteiger partial charge is 0.250 e. The molecule has 0 bridgehead atoms. The lowest BCUT2D eigenvalue weighted by Crippen LogP contribution is -2.47. The van der Waals surface area contributed by atoms with Crippen LogP contribution < -0.4 is 14.4 Å². The Balaban J connectivity index is 1.71. The Labute approximate surface area is 164 Å². The van der Waals surface area contributed by atoms with Crippen molar-refractivity contribution in [3.63, 3.8) is 0 Å². The summed E-state index contributed by atoms with van der Waals surface area (Å²) in [4.78, 5) is 29.1. The molecule has 146 valence electrons. The number of likely N-dealkylation sites (tertiary alicyclic amines) is 1. The Morgan fingerprint density at radius 1 is 1.14 bits per heavy atom. The number of aryl methyl sites for hydroxylation is 1. The van der Waals surface area contributed by atoms with Gasteiger partial charge in [0.05, 0.1) is 6.54 Å². The first-order valence-electron chi connectivity index (χ1n) is 9.58. The van der Waals surface area contributed by atoms with Crippen molar-refractivity contribution < 1.29 is 19.1 Å². The zero-order chi connectivity index (χ0) is 19.7. The van der Waals surface area contributed by atoms with Crippen LogP contribution in [-0.4, -0.2) is 36.1 Å². The van der Waals surface area contributed by atoms with Gasteiger partial charge in [0.25, 0.3) is 0 Å². The number of carbonyl (C=O) groups excluding carboxylic acids is 2. The van der Waals surface area contributed by atoms with E-state index in [2.05, 4.69) is 0 Å². The molecular formula is C22H24N2O4. The van der Waals surface area contributed by atoms with Crippen LogP contribution in [0.1, 0.15) is 30.9 Å². The maximum atomic E-state index is 13.6. The van der Waals surface area contributed by atoms with Gasteiger partial charge in [0.15, 0.2) is 11.5 Å². The fraction of sp³-hybridized carbons (Fsp3) is 0.364. The van der Waals surface area contributed by atoms with Crippen LogP contribution in [-0.2, 0) is 16.1 Å². The summed E-state index contributed by atoms with van der Waals surface area (Å²) in [5.74, 6) is 1.26. The van der Waals surface area contributed by atoms with Gasteiger partial charge in [0.1, 0.15) is 6.04 Å². The molecule has 0 spiro atoms. The molecule has 0 N–H and O–H groups in total. The van der Waals surface area contributed by atoms with Crippen molar-refractivity contribution in [2.45, 2.75) is 39.3 Å². The fourth-order valence-corrected chi connectivity index (χ4v) is 4.01. The zero-order valence-electron chi connectivity index (χ0n) is 16.2. The van der Waals surface area contributed by atoms with Crippen LogP contribution in [0, 0.1) is 6.92 Å². The summed E-state index contributed by atoms with van der Waals surface area (Å²) in [6, 6.07) is 13.1. The summed E-state index contributed by atoms with van der Waals surface area (Å²) in [7, 11) is 0. The molecule has 28 heavy (non-hydrogen) atoms. The summed E-state index contributed by atoms with van der Waals surface area (Å²) in [5, 5.41) is 0. The number of carbonyl (C=O) groups is 2. The maximum absolute atomic E-state index is 13.6. The molecule has 2 aromatic rings. The molecule has 4 rings (SSSR count). The molecule has 2 amide bonds. The van der Waals surface area contributed by atoms with Gasteiger partial charge in [0, 0.05) is 24.7 Å². The largest absolute Gasteiger partial charge is 0.454 e. The van der Waals surface area contributed by atoms with Crippen LogP contribution >= 0.6 is 0 Å². The molecule has 1 saturated heterocycles. The van der Waals surface area contributed by atoms with Crippen LogP contribution in [0.15, 0.2) is 42.5 Å². The number of amides is 2. The van der Waals surface area contributed by atoms with E-state index in [1.54, 1.807) is 9.80 Å². The third-order valence-electron chi connectivity index (χ3n) is 5.42. The van der Waals surface area contributed by atoms with Crippen LogP contribution in [0.25, 0.3) is 0 Å². The van der Waals surface area contributed by atoms with Gasteiger partial charge < -0.3 is 19.3 Å². The third kappa shape index (κ3) is 3.30. The molecule has 0 aromatic heterocycles. The first kappa shape index (κ1) is 18.3. The number of nitrogens with zero attached hydrogens (tertiary/aromatic N) is 2. The van der Waals surface area contributed by atoms with Crippen LogP contribution in [0.3, 0.4) is 0 Å². The molecule has 1 atom stereocenters. The monoisotopic (exact) mass is 380 g/mol. The van der Waals surface area contributed by atoms with Gasteiger partial charge in [-0.05, 0) is 37.5 Å². The van der Waals surface area contributed by atoms with Gasteiger partial charge in [-0.1, -0.05) is 30.3 Å². The van der Waals surface area contributed by atoms with Gasteiger partial charge in [0.2, 0.25) is 18.6 Å². The molecule has 0 saturated carbocycles. The molecular weight excluding hydrogens is 356 g/mol. The molecule has 2 aromatic carbocycles. The average molecular weight is 380 g/mol. The average Bonchev–Trinajstić information content (AvgIpc) is 3.36. The highest BCUT2D eigenvalue weighted by Crippen LogP contribution is 2.37. The third-order valence-corrected chi connectivity index (χ3v) is 5.42. The predicted octanol–water partition coefficient (Wildman–Crippen LogP) is 3.27. The van der Waals surface area contributed by atoms with Crippen molar-refractivity contribution in [1.29, 1.82) is 0 Å². The number of ether oxygens (including phenoxy) is 2. The number of fused-ring (bicyclic) bond motifs is 1. The Morgan fingerprint density at radius 3 is 2.75 bits per heavy atom. The summed E-state index contributed by atoms with van der Waals surface area (Å²) >= 11 is 0. The topological polar surface area (TPSA) is 59.1 Å². The highest BCUT2D eigenvalue weighted by Gasteiger charge is 2.36. The first-order chi connectivity index (χ1) is 13.6. The molecule has 0 radical (unpaired) electrons. The van der Waals surface area contributed by atoms with Gasteiger partial charge in [-0.25, -0.2) is 0 Å². The first-order valence-corrected chi connectivity index (χ1v) is 9.58. The second-order valence-corrected chi connectivity index (χ2v) is 7.23. The number of hydrogen-bond donors (Lipinski definition) is 0. The molecule has 6 nitrogen and oxygen atoms in total. The van der Waals surface area contributed by atoms with E-state index in [4.69, 9.17) is 9.47 Å². The van der Waals surface area contributed by atoms with Crippen LogP contribution in [0.4, 0.5) is 5.69 Å². The lowest BCUT2D eigenvalue weighted by molar-refractivity contribution is -0.135. The van der Waals surface area contributed by atoms with E-state index in [1.807, 2.05) is 49.4 Å². The molecule has 0 aliphatic carbocycles. The van der Waals surface area contributed by atoms with E-state index in [0.717, 1.165) is 23.2 Å². The van der Waals surface area contributed by atoms with E-state index in [9.17, 15) is 9.59 Å². The van der Waals surface area contributed by atoms with Gasteiger partial charge in [-0.2, -0.15) is 0 Å². The van der Waals surface area contributed by atoms with Crippen molar-refractivity contribution in [2.24, 2.45) is 0 Å². The predicted molar refractivity (Wildman–Crippen MR) is 105 cm³/mol. The van der Waals surface area contributed by atoms with Crippen LogP contribution in [0.5, 0.6) is 11.5 Å². The summed E-state index contributed by atoms with van der Waals surface area (Å²) < 4.78 is 11.1. The molecule has 1 unspecified atom stereocenters. The molecule has 2 aliphatic rings.